The average Bonchev–Trinajstić information content (AvgIpc) is 2.05. The molecule has 64 valence electrons. The van der Waals surface area contributed by atoms with Gasteiger partial charge in [-0.3, -0.25) is 15.1 Å². The fourth-order valence-corrected chi connectivity index (χ4v) is 1.03. The molecular formula is C8H10N2O2. The van der Waals surface area contributed by atoms with E-state index in [1.165, 1.54) is 6.07 Å². The van der Waals surface area contributed by atoms with Crippen LogP contribution in [0.2, 0.25) is 0 Å². The third kappa shape index (κ3) is 1.78. The highest BCUT2D eigenvalue weighted by Gasteiger charge is 2.11. The Balaban J connectivity index is 3.00. The molecule has 0 spiro atoms. The third-order valence-electron chi connectivity index (χ3n) is 1.55. The Morgan fingerprint density at radius 3 is 3.00 bits per heavy atom. The molecule has 0 radical (unpaired) electrons. The smallest absolute Gasteiger partial charge is 0.258 e. The lowest BCUT2D eigenvalue weighted by Gasteiger charge is -1.97. The number of aromatic nitrogens is 1. The van der Waals surface area contributed by atoms with Gasteiger partial charge in [-0.2, -0.15) is 0 Å². The van der Waals surface area contributed by atoms with Crippen molar-refractivity contribution in [3.63, 3.8) is 0 Å². The summed E-state index contributed by atoms with van der Waals surface area (Å²) in [6.07, 6.45) is 3.12. The Labute approximate surface area is 70.4 Å². The second-order valence-electron chi connectivity index (χ2n) is 2.48. The monoisotopic (exact) mass is 166 g/mol. The zero-order valence-electron chi connectivity index (χ0n) is 6.86. The number of hydrogen-bond acceptors (Lipinski definition) is 3. The van der Waals surface area contributed by atoms with Crippen molar-refractivity contribution in [3.05, 3.63) is 34.1 Å². The molecule has 0 aromatic carbocycles. The van der Waals surface area contributed by atoms with Crippen molar-refractivity contribution in [2.45, 2.75) is 19.8 Å². The molecule has 0 saturated heterocycles. The highest BCUT2D eigenvalue weighted by atomic mass is 16.6. The lowest BCUT2D eigenvalue weighted by molar-refractivity contribution is -0.385. The Morgan fingerprint density at radius 2 is 2.42 bits per heavy atom. The molecule has 0 bridgehead atoms. The van der Waals surface area contributed by atoms with Gasteiger partial charge < -0.3 is 0 Å². The van der Waals surface area contributed by atoms with Gasteiger partial charge in [0.05, 0.1) is 4.92 Å². The largest absolute Gasteiger partial charge is 0.290 e. The molecule has 12 heavy (non-hydrogen) atoms. The molecule has 0 saturated carbocycles. The van der Waals surface area contributed by atoms with E-state index in [4.69, 9.17) is 0 Å². The number of nitro groups is 1. The molecule has 1 aromatic rings. The number of aryl methyl sites for hydroxylation is 1. The lowest BCUT2D eigenvalue weighted by atomic mass is 10.2. The van der Waals surface area contributed by atoms with Crippen molar-refractivity contribution in [2.24, 2.45) is 0 Å². The summed E-state index contributed by atoms with van der Waals surface area (Å²) in [5.74, 6) is 0. The molecule has 0 unspecified atom stereocenters. The van der Waals surface area contributed by atoms with Gasteiger partial charge in [0, 0.05) is 12.3 Å². The maximum absolute atomic E-state index is 10.5. The molecule has 1 aromatic heterocycles. The van der Waals surface area contributed by atoms with Crippen LogP contribution in [0.5, 0.6) is 0 Å². The molecule has 0 fully saturated rings. The van der Waals surface area contributed by atoms with Gasteiger partial charge in [-0.15, -0.1) is 0 Å². The quantitative estimate of drug-likeness (QED) is 0.509. The van der Waals surface area contributed by atoms with E-state index < -0.39 is 4.92 Å². The Bertz CT molecular complexity index is 286. The summed E-state index contributed by atoms with van der Waals surface area (Å²) >= 11 is 0. The molecule has 1 heterocycles. The van der Waals surface area contributed by atoms with E-state index in [2.05, 4.69) is 4.98 Å². The van der Waals surface area contributed by atoms with Crippen LogP contribution in [0.15, 0.2) is 18.3 Å². The fraction of sp³-hybridized carbons (Fsp3) is 0.375. The first-order valence-electron chi connectivity index (χ1n) is 3.84. The molecule has 0 aliphatic carbocycles. The van der Waals surface area contributed by atoms with Gasteiger partial charge in [0.1, 0.15) is 5.69 Å². The van der Waals surface area contributed by atoms with Crippen LogP contribution in [0.25, 0.3) is 0 Å². The zero-order valence-corrected chi connectivity index (χ0v) is 6.86. The van der Waals surface area contributed by atoms with Gasteiger partial charge in [-0.1, -0.05) is 13.3 Å². The molecule has 0 amide bonds. The maximum atomic E-state index is 10.5. The van der Waals surface area contributed by atoms with E-state index in [9.17, 15) is 10.1 Å². The summed E-state index contributed by atoms with van der Waals surface area (Å²) in [6.45, 7) is 1.97. The number of rotatable bonds is 3. The zero-order chi connectivity index (χ0) is 8.97. The summed E-state index contributed by atoms with van der Waals surface area (Å²) < 4.78 is 0. The van der Waals surface area contributed by atoms with Crippen molar-refractivity contribution in [1.29, 1.82) is 0 Å². The minimum atomic E-state index is -0.391. The molecule has 0 N–H and O–H groups in total. The first-order chi connectivity index (χ1) is 5.75. The van der Waals surface area contributed by atoms with E-state index >= 15 is 0 Å². The van der Waals surface area contributed by atoms with Crippen LogP contribution < -0.4 is 0 Å². The molecule has 0 aliphatic heterocycles. The third-order valence-corrected chi connectivity index (χ3v) is 1.55. The van der Waals surface area contributed by atoms with Crippen LogP contribution in [-0.2, 0) is 6.42 Å². The molecular weight excluding hydrogens is 156 g/mol. The van der Waals surface area contributed by atoms with Crippen LogP contribution >= 0.6 is 0 Å². The average molecular weight is 166 g/mol. The molecule has 0 atom stereocenters. The Kier molecular flexibility index (Phi) is 2.74. The topological polar surface area (TPSA) is 56.0 Å². The maximum Gasteiger partial charge on any atom is 0.290 e. The normalized spacial score (nSPS) is 9.75. The van der Waals surface area contributed by atoms with E-state index in [-0.39, 0.29) is 5.69 Å². The minimum Gasteiger partial charge on any atom is -0.258 e. The lowest BCUT2D eigenvalue weighted by Crippen LogP contribution is -1.97. The minimum absolute atomic E-state index is 0.124. The van der Waals surface area contributed by atoms with Crippen LogP contribution in [0.1, 0.15) is 19.0 Å². The van der Waals surface area contributed by atoms with E-state index in [0.717, 1.165) is 6.42 Å². The highest BCUT2D eigenvalue weighted by Crippen LogP contribution is 2.15. The molecule has 4 heteroatoms. The fourth-order valence-electron chi connectivity index (χ4n) is 1.03. The predicted molar refractivity (Wildman–Crippen MR) is 44.9 cm³/mol. The van der Waals surface area contributed by atoms with E-state index in [0.29, 0.717) is 12.1 Å². The van der Waals surface area contributed by atoms with Crippen LogP contribution in [0, 0.1) is 10.1 Å². The standard InChI is InChI=1S/C8H10N2O2/c1-2-4-7-8(10(11)12)5-3-6-9-7/h3,5-6H,2,4H2,1H3. The molecule has 4 nitrogen and oxygen atoms in total. The Morgan fingerprint density at radius 1 is 1.67 bits per heavy atom. The second kappa shape index (κ2) is 3.80. The van der Waals surface area contributed by atoms with E-state index in [1.54, 1.807) is 12.3 Å². The highest BCUT2D eigenvalue weighted by molar-refractivity contribution is 5.34. The number of hydrogen-bond donors (Lipinski definition) is 0. The summed E-state index contributed by atoms with van der Waals surface area (Å²) in [6, 6.07) is 3.06. The summed E-state index contributed by atoms with van der Waals surface area (Å²) in [5, 5.41) is 10.5. The van der Waals surface area contributed by atoms with Crippen molar-refractivity contribution in [3.8, 4) is 0 Å². The number of nitrogens with zero attached hydrogens (tertiary/aromatic N) is 2. The number of pyridine rings is 1. The van der Waals surface area contributed by atoms with Crippen LogP contribution in [0.4, 0.5) is 5.69 Å². The van der Waals surface area contributed by atoms with Gasteiger partial charge in [-0.25, -0.2) is 0 Å². The first-order valence-corrected chi connectivity index (χ1v) is 3.84. The predicted octanol–water partition coefficient (Wildman–Crippen LogP) is 1.94. The molecule has 0 aliphatic rings. The van der Waals surface area contributed by atoms with Crippen molar-refractivity contribution < 1.29 is 4.92 Å². The van der Waals surface area contributed by atoms with Crippen molar-refractivity contribution in [1.82, 2.24) is 4.98 Å². The van der Waals surface area contributed by atoms with Gasteiger partial charge in [0.2, 0.25) is 0 Å². The van der Waals surface area contributed by atoms with Crippen LogP contribution in [0.3, 0.4) is 0 Å². The SMILES string of the molecule is CCCc1ncccc1[N+](=O)[O-]. The summed E-state index contributed by atoms with van der Waals surface area (Å²) in [4.78, 5) is 14.0. The van der Waals surface area contributed by atoms with Crippen molar-refractivity contribution in [2.75, 3.05) is 0 Å². The van der Waals surface area contributed by atoms with Gasteiger partial charge in [0.25, 0.3) is 5.69 Å². The van der Waals surface area contributed by atoms with Crippen molar-refractivity contribution >= 4 is 5.69 Å². The van der Waals surface area contributed by atoms with Gasteiger partial charge >= 0.3 is 0 Å². The van der Waals surface area contributed by atoms with E-state index in [1.807, 2.05) is 6.92 Å². The first kappa shape index (κ1) is 8.64. The second-order valence-corrected chi connectivity index (χ2v) is 2.48. The summed E-state index contributed by atoms with van der Waals surface area (Å²) in [5.41, 5.74) is 0.698. The van der Waals surface area contributed by atoms with Gasteiger partial charge in [0.15, 0.2) is 0 Å². The summed E-state index contributed by atoms with van der Waals surface area (Å²) in [7, 11) is 0. The molecule has 1 rings (SSSR count). The van der Waals surface area contributed by atoms with Crippen LogP contribution in [-0.4, -0.2) is 9.91 Å². The van der Waals surface area contributed by atoms with Gasteiger partial charge in [-0.05, 0) is 12.5 Å². The Hall–Kier alpha value is -1.45.